The highest BCUT2D eigenvalue weighted by molar-refractivity contribution is 5.46. The van der Waals surface area contributed by atoms with Crippen LogP contribution in [-0.4, -0.2) is 18.8 Å². The van der Waals surface area contributed by atoms with Crippen LogP contribution in [0, 0.1) is 17.5 Å². The first-order chi connectivity index (χ1) is 8.10. The fourth-order valence-electron chi connectivity index (χ4n) is 1.94. The molecule has 2 rings (SSSR count). The molecule has 1 saturated carbocycles. The fourth-order valence-corrected chi connectivity index (χ4v) is 1.94. The smallest absolute Gasteiger partial charge is 0.182 e. The lowest BCUT2D eigenvalue weighted by Crippen LogP contribution is -2.41. The molecule has 0 aliphatic heterocycles. The Morgan fingerprint density at radius 1 is 1.29 bits per heavy atom. The molecular weight excluding hydrogens is 231 g/mol. The fraction of sp³-hybridized carbons (Fsp3) is 0.500. The quantitative estimate of drug-likeness (QED) is 0.823. The molecule has 0 spiro atoms. The summed E-state index contributed by atoms with van der Waals surface area (Å²) in [5.41, 5.74) is -0.123. The highest BCUT2D eigenvalue weighted by atomic mass is 19.2. The SMILES string of the molecule is CCOC1CC(Nc2cc(F)cc(F)c2F)C1. The summed E-state index contributed by atoms with van der Waals surface area (Å²) in [4.78, 5) is 0. The molecule has 0 saturated heterocycles. The largest absolute Gasteiger partial charge is 0.380 e. The second kappa shape index (κ2) is 4.96. The van der Waals surface area contributed by atoms with Crippen molar-refractivity contribution in [3.05, 3.63) is 29.6 Å². The van der Waals surface area contributed by atoms with Gasteiger partial charge in [0.25, 0.3) is 0 Å². The van der Waals surface area contributed by atoms with Gasteiger partial charge in [-0.15, -0.1) is 0 Å². The Balaban J connectivity index is 1.96. The van der Waals surface area contributed by atoms with Gasteiger partial charge in [0.1, 0.15) is 5.82 Å². The first kappa shape index (κ1) is 12.2. The average molecular weight is 245 g/mol. The van der Waals surface area contributed by atoms with Crippen molar-refractivity contribution < 1.29 is 17.9 Å². The van der Waals surface area contributed by atoms with E-state index in [1.165, 1.54) is 0 Å². The van der Waals surface area contributed by atoms with Crippen LogP contribution in [0.25, 0.3) is 0 Å². The molecule has 1 fully saturated rings. The molecule has 1 aliphatic carbocycles. The number of hydrogen-bond donors (Lipinski definition) is 1. The molecule has 1 aromatic carbocycles. The number of benzene rings is 1. The maximum atomic E-state index is 13.3. The normalized spacial score (nSPS) is 23.3. The van der Waals surface area contributed by atoms with E-state index in [1.54, 1.807) is 0 Å². The van der Waals surface area contributed by atoms with Crippen molar-refractivity contribution in [1.82, 2.24) is 0 Å². The summed E-state index contributed by atoms with van der Waals surface area (Å²) in [6.07, 6.45) is 1.62. The van der Waals surface area contributed by atoms with Crippen LogP contribution in [0.5, 0.6) is 0 Å². The van der Waals surface area contributed by atoms with Gasteiger partial charge in [-0.2, -0.15) is 0 Å². The molecule has 0 atom stereocenters. The van der Waals surface area contributed by atoms with Crippen molar-refractivity contribution in [1.29, 1.82) is 0 Å². The predicted octanol–water partition coefficient (Wildman–Crippen LogP) is 3.08. The molecule has 0 heterocycles. The van der Waals surface area contributed by atoms with Gasteiger partial charge in [0.2, 0.25) is 0 Å². The zero-order valence-corrected chi connectivity index (χ0v) is 9.47. The molecular formula is C12H14F3NO. The van der Waals surface area contributed by atoms with Crippen LogP contribution < -0.4 is 5.32 Å². The molecule has 2 nitrogen and oxygen atoms in total. The van der Waals surface area contributed by atoms with Gasteiger partial charge < -0.3 is 10.1 Å². The molecule has 0 aromatic heterocycles. The van der Waals surface area contributed by atoms with E-state index in [9.17, 15) is 13.2 Å². The molecule has 1 aromatic rings. The number of hydrogen-bond acceptors (Lipinski definition) is 2. The summed E-state index contributed by atoms with van der Waals surface area (Å²) < 4.78 is 44.5. The number of ether oxygens (including phenoxy) is 1. The molecule has 1 aliphatic rings. The van der Waals surface area contributed by atoms with Gasteiger partial charge in [0.05, 0.1) is 11.8 Å². The van der Waals surface area contributed by atoms with Crippen LogP contribution in [0.3, 0.4) is 0 Å². The van der Waals surface area contributed by atoms with E-state index in [-0.39, 0.29) is 17.8 Å². The van der Waals surface area contributed by atoms with Crippen LogP contribution >= 0.6 is 0 Å². The highest BCUT2D eigenvalue weighted by Gasteiger charge is 2.30. The maximum Gasteiger partial charge on any atom is 0.182 e. The Kier molecular flexibility index (Phi) is 3.57. The van der Waals surface area contributed by atoms with Crippen molar-refractivity contribution in [2.75, 3.05) is 11.9 Å². The van der Waals surface area contributed by atoms with E-state index in [2.05, 4.69) is 5.32 Å². The summed E-state index contributed by atoms with van der Waals surface area (Å²) in [6, 6.07) is 1.51. The van der Waals surface area contributed by atoms with E-state index < -0.39 is 17.5 Å². The van der Waals surface area contributed by atoms with Crippen LogP contribution in [0.2, 0.25) is 0 Å². The van der Waals surface area contributed by atoms with E-state index in [0.29, 0.717) is 12.7 Å². The molecule has 0 radical (unpaired) electrons. The summed E-state index contributed by atoms with van der Waals surface area (Å²) in [6.45, 7) is 2.54. The third kappa shape index (κ3) is 2.72. The standard InChI is InChI=1S/C12H14F3NO/c1-2-17-9-5-8(6-9)16-11-4-7(13)3-10(14)12(11)15/h3-4,8-9,16H,2,5-6H2,1H3. The second-order valence-electron chi connectivity index (χ2n) is 4.14. The van der Waals surface area contributed by atoms with Crippen LogP contribution in [0.15, 0.2) is 12.1 Å². The van der Waals surface area contributed by atoms with Gasteiger partial charge >= 0.3 is 0 Å². The predicted molar refractivity (Wildman–Crippen MR) is 58.4 cm³/mol. The van der Waals surface area contributed by atoms with E-state index in [1.807, 2.05) is 6.92 Å². The Labute approximate surface area is 97.8 Å². The van der Waals surface area contributed by atoms with Crippen LogP contribution in [0.4, 0.5) is 18.9 Å². The lowest BCUT2D eigenvalue weighted by Gasteiger charge is -2.36. The Morgan fingerprint density at radius 3 is 2.65 bits per heavy atom. The molecule has 1 N–H and O–H groups in total. The molecule has 5 heteroatoms. The minimum absolute atomic E-state index is 0.0160. The number of nitrogens with one attached hydrogen (secondary N) is 1. The monoisotopic (exact) mass is 245 g/mol. The first-order valence-electron chi connectivity index (χ1n) is 5.62. The van der Waals surface area contributed by atoms with E-state index in [0.717, 1.165) is 18.9 Å². The van der Waals surface area contributed by atoms with Gasteiger partial charge in [-0.3, -0.25) is 0 Å². The van der Waals surface area contributed by atoms with Crippen molar-refractivity contribution >= 4 is 5.69 Å². The maximum absolute atomic E-state index is 13.3. The van der Waals surface area contributed by atoms with Crippen LogP contribution in [-0.2, 0) is 4.74 Å². The first-order valence-corrected chi connectivity index (χ1v) is 5.62. The lowest BCUT2D eigenvalue weighted by atomic mass is 9.89. The minimum Gasteiger partial charge on any atom is -0.380 e. The average Bonchev–Trinajstić information content (AvgIpc) is 2.22. The minimum atomic E-state index is -1.17. The van der Waals surface area contributed by atoms with Gasteiger partial charge in [-0.1, -0.05) is 0 Å². The Bertz CT molecular complexity index is 405. The van der Waals surface area contributed by atoms with Crippen molar-refractivity contribution in [2.24, 2.45) is 0 Å². The van der Waals surface area contributed by atoms with Crippen molar-refractivity contribution in [2.45, 2.75) is 31.9 Å². The summed E-state index contributed by atoms with van der Waals surface area (Å²) in [5.74, 6) is -2.99. The van der Waals surface area contributed by atoms with Crippen molar-refractivity contribution in [3.8, 4) is 0 Å². The number of anilines is 1. The topological polar surface area (TPSA) is 21.3 Å². The van der Waals surface area contributed by atoms with Gasteiger partial charge in [0, 0.05) is 24.8 Å². The Hall–Kier alpha value is -1.23. The van der Waals surface area contributed by atoms with Gasteiger partial charge in [-0.05, 0) is 19.8 Å². The third-order valence-corrected chi connectivity index (χ3v) is 2.85. The third-order valence-electron chi connectivity index (χ3n) is 2.85. The molecule has 0 bridgehead atoms. The zero-order chi connectivity index (χ0) is 12.4. The highest BCUT2D eigenvalue weighted by Crippen LogP contribution is 2.28. The molecule has 0 unspecified atom stereocenters. The second-order valence-corrected chi connectivity index (χ2v) is 4.14. The summed E-state index contributed by atoms with van der Waals surface area (Å²) in [5, 5.41) is 2.78. The van der Waals surface area contributed by atoms with Crippen LogP contribution in [0.1, 0.15) is 19.8 Å². The number of rotatable bonds is 4. The summed E-state index contributed by atoms with van der Waals surface area (Å²) >= 11 is 0. The molecule has 94 valence electrons. The van der Waals surface area contributed by atoms with Crippen molar-refractivity contribution in [3.63, 3.8) is 0 Å². The molecule has 17 heavy (non-hydrogen) atoms. The molecule has 0 amide bonds. The van der Waals surface area contributed by atoms with Gasteiger partial charge in [-0.25, -0.2) is 13.2 Å². The van der Waals surface area contributed by atoms with Gasteiger partial charge in [0.15, 0.2) is 11.6 Å². The summed E-state index contributed by atoms with van der Waals surface area (Å²) in [7, 11) is 0. The lowest BCUT2D eigenvalue weighted by molar-refractivity contribution is 0.00292. The van der Waals surface area contributed by atoms with E-state index >= 15 is 0 Å². The Morgan fingerprint density at radius 2 is 2.00 bits per heavy atom. The number of halogens is 3. The zero-order valence-electron chi connectivity index (χ0n) is 9.47. The van der Waals surface area contributed by atoms with E-state index in [4.69, 9.17) is 4.74 Å².